The molecule has 0 aromatic heterocycles. The van der Waals surface area contributed by atoms with E-state index in [4.69, 9.17) is 0 Å². The molecule has 1 rings (SSSR count). The van der Waals surface area contributed by atoms with Crippen molar-refractivity contribution < 1.29 is 9.59 Å². The van der Waals surface area contributed by atoms with Gasteiger partial charge in [-0.05, 0) is 11.6 Å². The van der Waals surface area contributed by atoms with Crippen LogP contribution in [0.3, 0.4) is 0 Å². The fourth-order valence-corrected chi connectivity index (χ4v) is 1.17. The van der Waals surface area contributed by atoms with Crippen LogP contribution in [0.15, 0.2) is 24.3 Å². The monoisotopic (exact) mass is 226 g/mol. The summed E-state index contributed by atoms with van der Waals surface area (Å²) in [5.74, 6) is 0. The van der Waals surface area contributed by atoms with Crippen LogP contribution >= 0.6 is 15.9 Å². The lowest BCUT2D eigenvalue weighted by molar-refractivity contribution is -0.107. The third kappa shape index (κ3) is 2.01. The van der Waals surface area contributed by atoms with Crippen molar-refractivity contribution in [2.75, 3.05) is 0 Å². The van der Waals surface area contributed by atoms with Gasteiger partial charge in [0, 0.05) is 5.56 Å². The smallest absolute Gasteiger partial charge is 0.150 e. The normalized spacial score (nSPS) is 12.1. The molecule has 0 fully saturated rings. The summed E-state index contributed by atoms with van der Waals surface area (Å²) in [6, 6.07) is 6.92. The number of halogens is 1. The number of carbonyl (C=O) groups excluding carboxylic acids is 2. The van der Waals surface area contributed by atoms with Crippen LogP contribution in [0.2, 0.25) is 0 Å². The van der Waals surface area contributed by atoms with Crippen LogP contribution in [0, 0.1) is 0 Å². The second kappa shape index (κ2) is 4.16. The van der Waals surface area contributed by atoms with Crippen molar-refractivity contribution in [1.82, 2.24) is 0 Å². The van der Waals surface area contributed by atoms with Crippen molar-refractivity contribution in [2.45, 2.75) is 4.83 Å². The Kier molecular flexibility index (Phi) is 3.17. The van der Waals surface area contributed by atoms with E-state index in [0.29, 0.717) is 5.56 Å². The van der Waals surface area contributed by atoms with E-state index in [9.17, 15) is 9.59 Å². The standard InChI is InChI=1S/C9H7BrO2/c10-9(6-12)8-3-1-2-7(4-8)5-11/h1-6,9H. The third-order valence-electron chi connectivity index (χ3n) is 1.48. The van der Waals surface area contributed by atoms with Gasteiger partial charge < -0.3 is 4.79 Å². The van der Waals surface area contributed by atoms with E-state index >= 15 is 0 Å². The quantitative estimate of drug-likeness (QED) is 0.585. The zero-order valence-corrected chi connectivity index (χ0v) is 7.82. The van der Waals surface area contributed by atoms with Crippen LogP contribution in [-0.4, -0.2) is 12.6 Å². The molecule has 0 bridgehead atoms. The largest absolute Gasteiger partial charge is 0.302 e. The molecule has 0 aliphatic rings. The first kappa shape index (κ1) is 9.13. The van der Waals surface area contributed by atoms with E-state index in [2.05, 4.69) is 15.9 Å². The van der Waals surface area contributed by atoms with Crippen LogP contribution < -0.4 is 0 Å². The Hall–Kier alpha value is -0.960. The maximum atomic E-state index is 10.4. The van der Waals surface area contributed by atoms with Gasteiger partial charge in [-0.1, -0.05) is 34.1 Å². The molecular weight excluding hydrogens is 220 g/mol. The van der Waals surface area contributed by atoms with Crippen LogP contribution in [0.25, 0.3) is 0 Å². The Labute approximate surface area is 78.7 Å². The molecule has 1 aromatic carbocycles. The van der Waals surface area contributed by atoms with Gasteiger partial charge in [0.25, 0.3) is 0 Å². The maximum Gasteiger partial charge on any atom is 0.150 e. The molecule has 3 heteroatoms. The highest BCUT2D eigenvalue weighted by Crippen LogP contribution is 2.20. The maximum absolute atomic E-state index is 10.4. The van der Waals surface area contributed by atoms with Gasteiger partial charge in [0.2, 0.25) is 0 Å². The second-order valence-electron chi connectivity index (χ2n) is 2.33. The van der Waals surface area contributed by atoms with E-state index in [1.807, 2.05) is 0 Å². The van der Waals surface area contributed by atoms with Gasteiger partial charge in [0.15, 0.2) is 0 Å². The Balaban J connectivity index is 3.00. The van der Waals surface area contributed by atoms with E-state index in [0.717, 1.165) is 18.1 Å². The van der Waals surface area contributed by atoms with E-state index in [-0.39, 0.29) is 4.83 Å². The summed E-state index contributed by atoms with van der Waals surface area (Å²) in [6.45, 7) is 0. The van der Waals surface area contributed by atoms with Gasteiger partial charge in [-0.3, -0.25) is 4.79 Å². The molecule has 0 spiro atoms. The van der Waals surface area contributed by atoms with Gasteiger partial charge >= 0.3 is 0 Å². The first-order chi connectivity index (χ1) is 5.77. The molecule has 2 nitrogen and oxygen atoms in total. The van der Waals surface area contributed by atoms with E-state index < -0.39 is 0 Å². The lowest BCUT2D eigenvalue weighted by Gasteiger charge is -2.01. The number of aldehydes is 2. The number of carbonyl (C=O) groups is 2. The Morgan fingerprint density at radius 1 is 1.33 bits per heavy atom. The first-order valence-corrected chi connectivity index (χ1v) is 4.34. The number of hydrogen-bond donors (Lipinski definition) is 0. The van der Waals surface area contributed by atoms with Crippen molar-refractivity contribution in [2.24, 2.45) is 0 Å². The van der Waals surface area contributed by atoms with Crippen molar-refractivity contribution >= 4 is 28.5 Å². The summed E-state index contributed by atoms with van der Waals surface area (Å²) in [4.78, 5) is 20.4. The summed E-state index contributed by atoms with van der Waals surface area (Å²) in [5, 5.41) is 0. The van der Waals surface area contributed by atoms with Crippen molar-refractivity contribution in [3.05, 3.63) is 35.4 Å². The van der Waals surface area contributed by atoms with Crippen LogP contribution in [0.4, 0.5) is 0 Å². The minimum absolute atomic E-state index is 0.322. The Morgan fingerprint density at radius 3 is 2.67 bits per heavy atom. The summed E-state index contributed by atoms with van der Waals surface area (Å²) < 4.78 is 0. The molecule has 0 amide bonds. The van der Waals surface area contributed by atoms with Crippen LogP contribution in [0.5, 0.6) is 0 Å². The molecule has 0 saturated carbocycles. The number of alkyl halides is 1. The fraction of sp³-hybridized carbons (Fsp3) is 0.111. The summed E-state index contributed by atoms with van der Waals surface area (Å²) >= 11 is 3.16. The molecule has 0 radical (unpaired) electrons. The molecule has 1 unspecified atom stereocenters. The van der Waals surface area contributed by atoms with Crippen molar-refractivity contribution in [3.8, 4) is 0 Å². The molecule has 0 aliphatic heterocycles. The zero-order chi connectivity index (χ0) is 8.97. The zero-order valence-electron chi connectivity index (χ0n) is 6.24. The first-order valence-electron chi connectivity index (χ1n) is 3.42. The highest BCUT2D eigenvalue weighted by Gasteiger charge is 2.04. The minimum Gasteiger partial charge on any atom is -0.302 e. The lowest BCUT2D eigenvalue weighted by atomic mass is 10.1. The predicted molar refractivity (Wildman–Crippen MR) is 49.6 cm³/mol. The Morgan fingerprint density at radius 2 is 2.08 bits per heavy atom. The molecule has 1 atom stereocenters. The predicted octanol–water partition coefficient (Wildman–Crippen LogP) is 2.13. The van der Waals surface area contributed by atoms with Crippen LogP contribution in [-0.2, 0) is 4.79 Å². The van der Waals surface area contributed by atoms with Gasteiger partial charge in [-0.25, -0.2) is 0 Å². The lowest BCUT2D eigenvalue weighted by Crippen LogP contribution is -1.91. The molecular formula is C9H7BrO2. The highest BCUT2D eigenvalue weighted by molar-refractivity contribution is 9.09. The molecule has 0 saturated heterocycles. The van der Waals surface area contributed by atoms with Gasteiger partial charge in [-0.15, -0.1) is 0 Å². The minimum atomic E-state index is -0.322. The van der Waals surface area contributed by atoms with E-state index in [1.165, 1.54) is 0 Å². The SMILES string of the molecule is O=Cc1cccc(C(Br)C=O)c1. The molecule has 0 heterocycles. The fourth-order valence-electron chi connectivity index (χ4n) is 0.882. The summed E-state index contributed by atoms with van der Waals surface area (Å²) in [7, 11) is 0. The number of benzene rings is 1. The average Bonchev–Trinajstić information content (AvgIpc) is 2.17. The average molecular weight is 227 g/mol. The molecule has 0 N–H and O–H groups in total. The topological polar surface area (TPSA) is 34.1 Å². The third-order valence-corrected chi connectivity index (χ3v) is 2.23. The van der Waals surface area contributed by atoms with E-state index in [1.54, 1.807) is 24.3 Å². The summed E-state index contributed by atoms with van der Waals surface area (Å²) in [6.07, 6.45) is 1.54. The van der Waals surface area contributed by atoms with Crippen molar-refractivity contribution in [1.29, 1.82) is 0 Å². The highest BCUT2D eigenvalue weighted by atomic mass is 79.9. The summed E-state index contributed by atoms with van der Waals surface area (Å²) in [5.41, 5.74) is 1.38. The van der Waals surface area contributed by atoms with Crippen molar-refractivity contribution in [3.63, 3.8) is 0 Å². The number of rotatable bonds is 3. The molecule has 12 heavy (non-hydrogen) atoms. The number of hydrogen-bond acceptors (Lipinski definition) is 2. The second-order valence-corrected chi connectivity index (χ2v) is 3.31. The molecule has 1 aromatic rings. The van der Waals surface area contributed by atoms with Gasteiger partial charge in [0.1, 0.15) is 12.6 Å². The Bertz CT molecular complexity index is 296. The van der Waals surface area contributed by atoms with Gasteiger partial charge in [-0.2, -0.15) is 0 Å². The molecule has 0 aliphatic carbocycles. The molecule has 62 valence electrons. The van der Waals surface area contributed by atoms with Crippen LogP contribution in [0.1, 0.15) is 20.7 Å². The van der Waals surface area contributed by atoms with Gasteiger partial charge in [0.05, 0.1) is 4.83 Å².